The second kappa shape index (κ2) is 10.6. The maximum Gasteiger partial charge on any atom is 0.123 e. The molecular formula is C22H34O2. The van der Waals surface area contributed by atoms with Crippen molar-refractivity contribution in [1.82, 2.24) is 0 Å². The van der Waals surface area contributed by atoms with Crippen molar-refractivity contribution in [2.75, 3.05) is 13.2 Å². The van der Waals surface area contributed by atoms with Gasteiger partial charge in [0, 0.05) is 0 Å². The summed E-state index contributed by atoms with van der Waals surface area (Å²) in [5.41, 5.74) is 1.35. The fraction of sp³-hybridized carbons (Fsp3) is 0.636. The normalized spacial score (nSPS) is 19.8. The smallest absolute Gasteiger partial charge is 0.123 e. The van der Waals surface area contributed by atoms with E-state index >= 15 is 0 Å². The number of hydrogen-bond donors (Lipinski definition) is 0. The molecule has 1 aromatic carbocycles. The molecule has 1 heterocycles. The van der Waals surface area contributed by atoms with Crippen molar-refractivity contribution >= 4 is 0 Å². The Kier molecular flexibility index (Phi) is 8.38. The highest BCUT2D eigenvalue weighted by Crippen LogP contribution is 2.27. The van der Waals surface area contributed by atoms with Crippen LogP contribution in [0.2, 0.25) is 0 Å². The summed E-state index contributed by atoms with van der Waals surface area (Å²) in [4.78, 5) is 0. The number of rotatable bonds is 13. The van der Waals surface area contributed by atoms with Gasteiger partial charge in [0.2, 0.25) is 0 Å². The lowest BCUT2D eigenvalue weighted by Crippen LogP contribution is -2.16. The van der Waals surface area contributed by atoms with Crippen LogP contribution in [0.15, 0.2) is 36.4 Å². The fourth-order valence-corrected chi connectivity index (χ4v) is 2.82. The minimum Gasteiger partial charge on any atom is -0.490 e. The Hall–Kier alpha value is -1.28. The van der Waals surface area contributed by atoms with Gasteiger partial charge in [-0.25, -0.2) is 0 Å². The first-order valence-electron chi connectivity index (χ1n) is 9.72. The standard InChI is InChI=1S/C22H34O2/c1-3-4-5-6-7-8-9-10-11-12-14-20-15-13-16-21(17-20)23-18-22(2)19-24-22/h4-5,13,15-17H,3,6-12,14,18-19H2,1-2H3/b5-4+. The molecule has 0 amide bonds. The van der Waals surface area contributed by atoms with Crippen molar-refractivity contribution in [2.45, 2.75) is 77.2 Å². The lowest BCUT2D eigenvalue weighted by molar-refractivity contribution is 0.202. The highest BCUT2D eigenvalue weighted by Gasteiger charge is 2.40. The number of aryl methyl sites for hydroxylation is 1. The second-order valence-electron chi connectivity index (χ2n) is 7.21. The van der Waals surface area contributed by atoms with E-state index in [-0.39, 0.29) is 5.60 Å². The molecule has 2 heteroatoms. The number of hydrogen-bond acceptors (Lipinski definition) is 2. The van der Waals surface area contributed by atoms with Gasteiger partial charge in [-0.3, -0.25) is 0 Å². The molecule has 0 aliphatic carbocycles. The van der Waals surface area contributed by atoms with Gasteiger partial charge in [0.15, 0.2) is 0 Å². The molecular weight excluding hydrogens is 296 g/mol. The van der Waals surface area contributed by atoms with Crippen molar-refractivity contribution in [1.29, 1.82) is 0 Å². The van der Waals surface area contributed by atoms with Crippen LogP contribution in [0.3, 0.4) is 0 Å². The van der Waals surface area contributed by atoms with Gasteiger partial charge in [-0.2, -0.15) is 0 Å². The Morgan fingerprint density at radius 1 is 1.08 bits per heavy atom. The van der Waals surface area contributed by atoms with E-state index in [4.69, 9.17) is 9.47 Å². The van der Waals surface area contributed by atoms with Crippen LogP contribution >= 0.6 is 0 Å². The van der Waals surface area contributed by atoms with Gasteiger partial charge in [0.05, 0.1) is 6.61 Å². The molecule has 134 valence electrons. The lowest BCUT2D eigenvalue weighted by Gasteiger charge is -2.10. The molecule has 0 aromatic heterocycles. The zero-order valence-electron chi connectivity index (χ0n) is 15.6. The first kappa shape index (κ1) is 19.1. The molecule has 0 bridgehead atoms. The molecule has 0 radical (unpaired) electrons. The zero-order chi connectivity index (χ0) is 17.1. The van der Waals surface area contributed by atoms with Crippen LogP contribution < -0.4 is 4.74 Å². The van der Waals surface area contributed by atoms with Crippen molar-refractivity contribution in [3.63, 3.8) is 0 Å². The summed E-state index contributed by atoms with van der Waals surface area (Å²) in [6.07, 6.45) is 16.2. The minimum atomic E-state index is -0.0393. The van der Waals surface area contributed by atoms with Crippen LogP contribution in [-0.2, 0) is 11.2 Å². The average Bonchev–Trinajstić information content (AvgIpc) is 3.33. The van der Waals surface area contributed by atoms with Crippen LogP contribution in [0.4, 0.5) is 0 Å². The summed E-state index contributed by atoms with van der Waals surface area (Å²) in [7, 11) is 0. The summed E-state index contributed by atoms with van der Waals surface area (Å²) in [5.74, 6) is 0.976. The first-order valence-corrected chi connectivity index (χ1v) is 9.72. The van der Waals surface area contributed by atoms with Crippen LogP contribution in [0.5, 0.6) is 5.75 Å². The predicted molar refractivity (Wildman–Crippen MR) is 102 cm³/mol. The maximum atomic E-state index is 5.84. The Balaban J connectivity index is 1.51. The molecule has 1 fully saturated rings. The van der Waals surface area contributed by atoms with E-state index in [0.29, 0.717) is 6.61 Å². The molecule has 1 aromatic rings. The molecule has 2 nitrogen and oxygen atoms in total. The van der Waals surface area contributed by atoms with Crippen LogP contribution in [0.1, 0.15) is 70.8 Å². The molecule has 1 atom stereocenters. The number of benzene rings is 1. The van der Waals surface area contributed by atoms with E-state index in [1.165, 1.54) is 56.9 Å². The van der Waals surface area contributed by atoms with Crippen molar-refractivity contribution in [2.24, 2.45) is 0 Å². The Labute approximate surface area is 148 Å². The Bertz CT molecular complexity index is 488. The predicted octanol–water partition coefficient (Wildman–Crippen LogP) is 6.09. The number of ether oxygens (including phenoxy) is 2. The molecule has 0 spiro atoms. The quantitative estimate of drug-likeness (QED) is 0.248. The Morgan fingerprint density at radius 3 is 2.58 bits per heavy atom. The van der Waals surface area contributed by atoms with Crippen molar-refractivity contribution in [3.05, 3.63) is 42.0 Å². The van der Waals surface area contributed by atoms with Crippen LogP contribution in [-0.4, -0.2) is 18.8 Å². The highest BCUT2D eigenvalue weighted by molar-refractivity contribution is 5.28. The molecule has 1 aliphatic heterocycles. The van der Waals surface area contributed by atoms with E-state index < -0.39 is 0 Å². The third-order valence-electron chi connectivity index (χ3n) is 4.57. The topological polar surface area (TPSA) is 21.8 Å². The van der Waals surface area contributed by atoms with E-state index in [2.05, 4.69) is 44.2 Å². The van der Waals surface area contributed by atoms with Gasteiger partial charge < -0.3 is 9.47 Å². The third kappa shape index (κ3) is 8.01. The maximum absolute atomic E-state index is 5.84. The molecule has 2 rings (SSSR count). The van der Waals surface area contributed by atoms with Gasteiger partial charge in [0.1, 0.15) is 18.0 Å². The molecule has 0 N–H and O–H groups in total. The fourth-order valence-electron chi connectivity index (χ4n) is 2.82. The van der Waals surface area contributed by atoms with Gasteiger partial charge in [-0.1, -0.05) is 56.9 Å². The summed E-state index contributed by atoms with van der Waals surface area (Å²) in [6, 6.07) is 8.54. The highest BCUT2D eigenvalue weighted by atomic mass is 16.6. The molecule has 1 saturated heterocycles. The molecule has 24 heavy (non-hydrogen) atoms. The Morgan fingerprint density at radius 2 is 1.83 bits per heavy atom. The van der Waals surface area contributed by atoms with Gasteiger partial charge >= 0.3 is 0 Å². The minimum absolute atomic E-state index is 0.0393. The number of unbranched alkanes of at least 4 members (excludes halogenated alkanes) is 6. The summed E-state index contributed by atoms with van der Waals surface area (Å²) < 4.78 is 11.2. The van der Waals surface area contributed by atoms with E-state index in [1.54, 1.807) is 0 Å². The third-order valence-corrected chi connectivity index (χ3v) is 4.57. The largest absolute Gasteiger partial charge is 0.490 e. The van der Waals surface area contributed by atoms with E-state index in [0.717, 1.165) is 18.8 Å². The summed E-state index contributed by atoms with van der Waals surface area (Å²) in [5, 5.41) is 0. The first-order chi connectivity index (χ1) is 11.7. The lowest BCUT2D eigenvalue weighted by atomic mass is 10.0. The van der Waals surface area contributed by atoms with Gasteiger partial charge in [0.25, 0.3) is 0 Å². The van der Waals surface area contributed by atoms with Crippen LogP contribution in [0.25, 0.3) is 0 Å². The average molecular weight is 331 g/mol. The van der Waals surface area contributed by atoms with E-state index in [9.17, 15) is 0 Å². The zero-order valence-corrected chi connectivity index (χ0v) is 15.6. The SMILES string of the molecule is CC/C=C/CCCCCCCCc1cccc(OCC2(C)CO2)c1. The van der Waals surface area contributed by atoms with Crippen molar-refractivity contribution < 1.29 is 9.47 Å². The molecule has 1 unspecified atom stereocenters. The number of allylic oxidation sites excluding steroid dienone is 2. The van der Waals surface area contributed by atoms with Gasteiger partial charge in [-0.15, -0.1) is 0 Å². The van der Waals surface area contributed by atoms with Crippen molar-refractivity contribution in [3.8, 4) is 5.75 Å². The van der Waals surface area contributed by atoms with Gasteiger partial charge in [-0.05, 0) is 56.7 Å². The van der Waals surface area contributed by atoms with Crippen LogP contribution in [0, 0.1) is 0 Å². The second-order valence-corrected chi connectivity index (χ2v) is 7.21. The number of epoxide rings is 1. The molecule has 0 saturated carbocycles. The summed E-state index contributed by atoms with van der Waals surface area (Å²) >= 11 is 0. The monoisotopic (exact) mass is 330 g/mol. The molecule has 1 aliphatic rings. The van der Waals surface area contributed by atoms with E-state index in [1.807, 2.05) is 6.07 Å². The summed E-state index contributed by atoms with van der Waals surface area (Å²) in [6.45, 7) is 5.77.